The number of ether oxygens (including phenoxy) is 3. The molecule has 0 saturated heterocycles. The summed E-state index contributed by atoms with van der Waals surface area (Å²) in [6.45, 7) is 1.33. The van der Waals surface area contributed by atoms with Crippen molar-refractivity contribution in [3.8, 4) is 17.2 Å². The molecular formula is C19H15FO6. The highest BCUT2D eigenvalue weighted by atomic mass is 19.1. The van der Waals surface area contributed by atoms with E-state index in [4.69, 9.17) is 13.9 Å². The summed E-state index contributed by atoms with van der Waals surface area (Å²) in [6, 6.07) is 9.87. The first-order valence-electron chi connectivity index (χ1n) is 7.68. The van der Waals surface area contributed by atoms with E-state index in [-0.39, 0.29) is 28.9 Å². The molecule has 1 heterocycles. The predicted molar refractivity (Wildman–Crippen MR) is 91.2 cm³/mol. The topological polar surface area (TPSA) is 75.0 Å². The van der Waals surface area contributed by atoms with Gasteiger partial charge in [0.2, 0.25) is 11.2 Å². The highest BCUT2D eigenvalue weighted by molar-refractivity contribution is 5.80. The minimum Gasteiger partial charge on any atom is -0.482 e. The van der Waals surface area contributed by atoms with Gasteiger partial charge in [-0.3, -0.25) is 4.79 Å². The summed E-state index contributed by atoms with van der Waals surface area (Å²) >= 11 is 0. The molecule has 6 nitrogen and oxygen atoms in total. The van der Waals surface area contributed by atoms with Crippen molar-refractivity contribution in [3.05, 3.63) is 64.3 Å². The molecule has 0 spiro atoms. The summed E-state index contributed by atoms with van der Waals surface area (Å²) in [4.78, 5) is 23.8. The molecule has 7 heteroatoms. The van der Waals surface area contributed by atoms with Gasteiger partial charge in [-0.2, -0.15) is 0 Å². The van der Waals surface area contributed by atoms with Gasteiger partial charge in [0.1, 0.15) is 28.7 Å². The number of methoxy groups -OCH3 is 1. The largest absolute Gasteiger partial charge is 0.482 e. The van der Waals surface area contributed by atoms with E-state index in [0.717, 1.165) is 0 Å². The fourth-order valence-electron chi connectivity index (χ4n) is 2.30. The highest BCUT2D eigenvalue weighted by Crippen LogP contribution is 2.27. The monoisotopic (exact) mass is 358 g/mol. The van der Waals surface area contributed by atoms with E-state index in [1.165, 1.54) is 43.5 Å². The molecule has 26 heavy (non-hydrogen) atoms. The van der Waals surface area contributed by atoms with Crippen LogP contribution in [0.3, 0.4) is 0 Å². The van der Waals surface area contributed by atoms with E-state index in [9.17, 15) is 14.0 Å². The maximum atomic E-state index is 13.0. The molecule has 0 aliphatic carbocycles. The van der Waals surface area contributed by atoms with Crippen molar-refractivity contribution in [2.24, 2.45) is 0 Å². The van der Waals surface area contributed by atoms with Gasteiger partial charge in [-0.05, 0) is 43.3 Å². The molecule has 0 atom stereocenters. The number of hydrogen-bond donors (Lipinski definition) is 0. The number of benzene rings is 2. The van der Waals surface area contributed by atoms with E-state index in [1.54, 1.807) is 13.0 Å². The molecule has 0 radical (unpaired) electrons. The van der Waals surface area contributed by atoms with Crippen LogP contribution in [0.1, 0.15) is 5.76 Å². The van der Waals surface area contributed by atoms with Crippen LogP contribution in [0.15, 0.2) is 51.7 Å². The van der Waals surface area contributed by atoms with Crippen molar-refractivity contribution in [2.45, 2.75) is 6.92 Å². The smallest absolute Gasteiger partial charge is 0.343 e. The molecule has 134 valence electrons. The Hall–Kier alpha value is -3.35. The Kier molecular flexibility index (Phi) is 4.88. The van der Waals surface area contributed by atoms with Crippen LogP contribution in [0.5, 0.6) is 17.2 Å². The quantitative estimate of drug-likeness (QED) is 0.649. The minimum absolute atomic E-state index is 0.0207. The molecule has 0 fully saturated rings. The zero-order valence-electron chi connectivity index (χ0n) is 14.1. The molecular weight excluding hydrogens is 343 g/mol. The zero-order chi connectivity index (χ0) is 18.7. The lowest BCUT2D eigenvalue weighted by atomic mass is 10.2. The number of esters is 1. The van der Waals surface area contributed by atoms with Gasteiger partial charge in [-0.15, -0.1) is 0 Å². The molecule has 3 rings (SSSR count). The van der Waals surface area contributed by atoms with E-state index in [1.807, 2.05) is 0 Å². The van der Waals surface area contributed by atoms with Gasteiger partial charge in [0.25, 0.3) is 0 Å². The van der Waals surface area contributed by atoms with Crippen LogP contribution in [-0.4, -0.2) is 19.7 Å². The van der Waals surface area contributed by atoms with Gasteiger partial charge in [0.05, 0.1) is 12.5 Å². The van der Waals surface area contributed by atoms with Crippen LogP contribution in [0, 0.1) is 12.7 Å². The molecule has 0 saturated carbocycles. The highest BCUT2D eigenvalue weighted by Gasteiger charge is 2.15. The molecule has 0 unspecified atom stereocenters. The normalized spacial score (nSPS) is 10.6. The van der Waals surface area contributed by atoms with Crippen molar-refractivity contribution >= 4 is 16.9 Å². The second-order valence-corrected chi connectivity index (χ2v) is 5.40. The summed E-state index contributed by atoms with van der Waals surface area (Å²) < 4.78 is 34.0. The van der Waals surface area contributed by atoms with Crippen molar-refractivity contribution in [1.82, 2.24) is 0 Å². The molecule has 1 aromatic heterocycles. The van der Waals surface area contributed by atoms with E-state index in [2.05, 4.69) is 4.74 Å². The van der Waals surface area contributed by atoms with Crippen LogP contribution < -0.4 is 14.9 Å². The van der Waals surface area contributed by atoms with Crippen molar-refractivity contribution < 1.29 is 27.8 Å². The summed E-state index contributed by atoms with van der Waals surface area (Å²) in [5, 5.41) is 0.290. The molecule has 0 aliphatic heterocycles. The molecule has 0 aliphatic rings. The maximum Gasteiger partial charge on any atom is 0.343 e. The second kappa shape index (κ2) is 7.26. The van der Waals surface area contributed by atoms with Crippen LogP contribution >= 0.6 is 0 Å². The van der Waals surface area contributed by atoms with Gasteiger partial charge in [-0.1, -0.05) is 0 Å². The lowest BCUT2D eigenvalue weighted by molar-refractivity contribution is -0.142. The van der Waals surface area contributed by atoms with Crippen LogP contribution in [0.25, 0.3) is 11.0 Å². The third-order valence-corrected chi connectivity index (χ3v) is 3.60. The SMILES string of the molecule is COC(=O)COc1ccc2c(=O)c(Oc3ccc(F)cc3)c(C)oc2c1. The number of fused-ring (bicyclic) bond motifs is 1. The molecule has 0 bridgehead atoms. The van der Waals surface area contributed by atoms with Crippen molar-refractivity contribution in [1.29, 1.82) is 0 Å². The third kappa shape index (κ3) is 3.66. The first-order valence-corrected chi connectivity index (χ1v) is 7.68. The average molecular weight is 358 g/mol. The molecule has 0 amide bonds. The first-order chi connectivity index (χ1) is 12.5. The zero-order valence-corrected chi connectivity index (χ0v) is 14.1. The van der Waals surface area contributed by atoms with Gasteiger partial charge in [0, 0.05) is 6.07 Å². The number of hydrogen-bond acceptors (Lipinski definition) is 6. The standard InChI is InChI=1S/C19H15FO6/c1-11-19(26-13-5-3-12(20)4-6-13)18(22)15-8-7-14(9-16(15)25-11)24-10-17(21)23-2/h3-9H,10H2,1-2H3. The van der Waals surface area contributed by atoms with Crippen molar-refractivity contribution in [2.75, 3.05) is 13.7 Å². The third-order valence-electron chi connectivity index (χ3n) is 3.60. The Balaban J connectivity index is 1.93. The summed E-state index contributed by atoms with van der Waals surface area (Å²) in [7, 11) is 1.26. The number of rotatable bonds is 5. The van der Waals surface area contributed by atoms with Crippen LogP contribution in [0.2, 0.25) is 0 Å². The van der Waals surface area contributed by atoms with E-state index >= 15 is 0 Å². The first kappa shape index (κ1) is 17.5. The summed E-state index contributed by atoms with van der Waals surface area (Å²) in [6.07, 6.45) is 0. The number of aryl methyl sites for hydroxylation is 1. The number of carbonyl (C=O) groups is 1. The fourth-order valence-corrected chi connectivity index (χ4v) is 2.30. The second-order valence-electron chi connectivity index (χ2n) is 5.40. The van der Waals surface area contributed by atoms with Gasteiger partial charge in [-0.25, -0.2) is 9.18 Å². The number of carbonyl (C=O) groups excluding carboxylic acids is 1. The maximum absolute atomic E-state index is 13.0. The van der Waals surface area contributed by atoms with Gasteiger partial charge >= 0.3 is 5.97 Å². The molecule has 0 N–H and O–H groups in total. The Bertz CT molecular complexity index is 1010. The van der Waals surface area contributed by atoms with E-state index < -0.39 is 11.8 Å². The number of halogens is 1. The average Bonchev–Trinajstić information content (AvgIpc) is 2.64. The van der Waals surface area contributed by atoms with Crippen LogP contribution in [0.4, 0.5) is 4.39 Å². The Labute approximate surface area is 147 Å². The molecule has 3 aromatic rings. The Morgan fingerprint density at radius 3 is 2.50 bits per heavy atom. The minimum atomic E-state index is -0.522. The predicted octanol–water partition coefficient (Wildman–Crippen LogP) is 3.58. The summed E-state index contributed by atoms with van der Waals surface area (Å²) in [5.74, 6) is 0.0333. The van der Waals surface area contributed by atoms with Gasteiger partial charge in [0.15, 0.2) is 6.61 Å². The van der Waals surface area contributed by atoms with E-state index in [0.29, 0.717) is 17.1 Å². The Morgan fingerprint density at radius 1 is 1.12 bits per heavy atom. The lowest BCUT2D eigenvalue weighted by Gasteiger charge is -2.10. The van der Waals surface area contributed by atoms with Gasteiger partial charge < -0.3 is 18.6 Å². The fraction of sp³-hybridized carbons (Fsp3) is 0.158. The van der Waals surface area contributed by atoms with Crippen molar-refractivity contribution in [3.63, 3.8) is 0 Å². The summed E-state index contributed by atoms with van der Waals surface area (Å²) in [5.41, 5.74) is -0.0751. The van der Waals surface area contributed by atoms with Crippen LogP contribution in [-0.2, 0) is 9.53 Å². The molecule has 2 aromatic carbocycles. The lowest BCUT2D eigenvalue weighted by Crippen LogP contribution is -2.12. The Morgan fingerprint density at radius 2 is 1.81 bits per heavy atom.